The predicted octanol–water partition coefficient (Wildman–Crippen LogP) is 6.05. The minimum Gasteiger partial charge on any atom is -0.494 e. The molecule has 0 N–H and O–H groups in total. The van der Waals surface area contributed by atoms with Gasteiger partial charge in [0.1, 0.15) is 11.5 Å². The van der Waals surface area contributed by atoms with Crippen molar-refractivity contribution in [3.8, 4) is 17.6 Å². The van der Waals surface area contributed by atoms with Crippen LogP contribution in [0.4, 0.5) is 0 Å². The first kappa shape index (κ1) is 21.3. The first-order chi connectivity index (χ1) is 13.1. The minimum absolute atomic E-state index is 0.0990. The average molecular weight is 372 g/mol. The molecule has 27 heavy (non-hydrogen) atoms. The molecule has 1 aliphatic rings. The Hall–Kier alpha value is -2.02. The van der Waals surface area contributed by atoms with Crippen molar-refractivity contribution in [1.29, 1.82) is 5.26 Å². The number of nitrogens with zero attached hydrogens (tertiary/aromatic N) is 1. The van der Waals surface area contributed by atoms with Crippen LogP contribution < -0.4 is 9.47 Å². The minimum atomic E-state index is -0.233. The molecule has 1 fully saturated rings. The highest BCUT2D eigenvalue weighted by molar-refractivity contribution is 5.75. The van der Waals surface area contributed by atoms with Gasteiger partial charge >= 0.3 is 5.97 Å². The van der Waals surface area contributed by atoms with Crippen molar-refractivity contribution in [2.75, 3.05) is 6.61 Å². The highest BCUT2D eigenvalue weighted by Crippen LogP contribution is 2.42. The summed E-state index contributed by atoms with van der Waals surface area (Å²) in [5.74, 6) is 1.09. The number of hydrogen-bond acceptors (Lipinski definition) is 4. The summed E-state index contributed by atoms with van der Waals surface area (Å²) in [6.07, 6.45) is 9.63. The van der Waals surface area contributed by atoms with Gasteiger partial charge in [0.25, 0.3) is 0 Å². The number of rotatable bonds is 10. The molecule has 1 aromatic carbocycles. The molecule has 0 amide bonds. The van der Waals surface area contributed by atoms with E-state index in [4.69, 9.17) is 9.47 Å². The fourth-order valence-electron chi connectivity index (χ4n) is 3.67. The van der Waals surface area contributed by atoms with Gasteiger partial charge in [-0.1, -0.05) is 39.5 Å². The Labute approximate surface area is 163 Å². The molecule has 0 heterocycles. The van der Waals surface area contributed by atoms with Crippen LogP contribution in [-0.2, 0) is 4.79 Å². The van der Waals surface area contributed by atoms with E-state index < -0.39 is 0 Å². The maximum Gasteiger partial charge on any atom is 0.314 e. The summed E-state index contributed by atoms with van der Waals surface area (Å²) in [6.45, 7) is 5.01. The van der Waals surface area contributed by atoms with Gasteiger partial charge < -0.3 is 9.47 Å². The van der Waals surface area contributed by atoms with Gasteiger partial charge in [-0.2, -0.15) is 5.26 Å². The smallest absolute Gasteiger partial charge is 0.314 e. The summed E-state index contributed by atoms with van der Waals surface area (Å²) in [7, 11) is 0. The summed E-state index contributed by atoms with van der Waals surface area (Å²) < 4.78 is 11.2. The third-order valence-electron chi connectivity index (χ3n) is 5.58. The molecule has 1 aliphatic carbocycles. The van der Waals surface area contributed by atoms with Gasteiger partial charge in [0, 0.05) is 0 Å². The van der Waals surface area contributed by atoms with Crippen LogP contribution in [0.2, 0.25) is 0 Å². The Morgan fingerprint density at radius 1 is 1.07 bits per heavy atom. The van der Waals surface area contributed by atoms with E-state index in [1.165, 1.54) is 12.8 Å². The van der Waals surface area contributed by atoms with Gasteiger partial charge in [-0.15, -0.1) is 0 Å². The Kier molecular flexibility index (Phi) is 8.64. The number of esters is 1. The lowest BCUT2D eigenvalue weighted by molar-refractivity contribution is -0.140. The van der Waals surface area contributed by atoms with Crippen molar-refractivity contribution < 1.29 is 14.3 Å². The second kappa shape index (κ2) is 11.0. The van der Waals surface area contributed by atoms with E-state index in [1.54, 1.807) is 12.1 Å². The molecule has 0 saturated heterocycles. The molecule has 4 nitrogen and oxygen atoms in total. The maximum absolute atomic E-state index is 12.5. The van der Waals surface area contributed by atoms with Crippen molar-refractivity contribution in [1.82, 2.24) is 0 Å². The van der Waals surface area contributed by atoms with Crippen molar-refractivity contribution in [2.45, 2.75) is 78.1 Å². The normalized spacial score (nSPS) is 22.0. The summed E-state index contributed by atoms with van der Waals surface area (Å²) in [5.41, 5.74) is -0.233. The van der Waals surface area contributed by atoms with Crippen LogP contribution in [0, 0.1) is 22.7 Å². The number of unbranched alkanes of at least 4 members (excludes halogenated alkanes) is 3. The highest BCUT2D eigenvalue weighted by Gasteiger charge is 2.37. The molecule has 1 saturated carbocycles. The SMILES string of the molecule is CCCCC[C@]1(C#N)CC[C@H](C(=O)Oc2ccc(OCCCC)cc2)CC1. The lowest BCUT2D eigenvalue weighted by atomic mass is 9.69. The van der Waals surface area contributed by atoms with E-state index in [9.17, 15) is 10.1 Å². The molecule has 0 radical (unpaired) electrons. The van der Waals surface area contributed by atoms with Crippen LogP contribution >= 0.6 is 0 Å². The highest BCUT2D eigenvalue weighted by atomic mass is 16.5. The van der Waals surface area contributed by atoms with E-state index in [0.717, 1.165) is 57.1 Å². The third kappa shape index (κ3) is 6.57. The monoisotopic (exact) mass is 371 g/mol. The number of hydrogen-bond donors (Lipinski definition) is 0. The second-order valence-corrected chi connectivity index (χ2v) is 7.72. The zero-order valence-electron chi connectivity index (χ0n) is 16.8. The Morgan fingerprint density at radius 3 is 2.30 bits per heavy atom. The van der Waals surface area contributed by atoms with Gasteiger partial charge in [0.05, 0.1) is 24.0 Å². The molecule has 0 bridgehead atoms. The fourth-order valence-corrected chi connectivity index (χ4v) is 3.67. The van der Waals surface area contributed by atoms with Crippen LogP contribution in [0.15, 0.2) is 24.3 Å². The Morgan fingerprint density at radius 2 is 1.70 bits per heavy atom. The summed E-state index contributed by atoms with van der Waals surface area (Å²) in [4.78, 5) is 12.5. The van der Waals surface area contributed by atoms with Crippen LogP contribution in [0.1, 0.15) is 78.1 Å². The summed E-state index contributed by atoms with van der Waals surface area (Å²) in [5, 5.41) is 9.63. The first-order valence-electron chi connectivity index (χ1n) is 10.5. The maximum atomic E-state index is 12.5. The van der Waals surface area contributed by atoms with Crippen molar-refractivity contribution in [2.24, 2.45) is 11.3 Å². The zero-order chi connectivity index (χ0) is 19.5. The largest absolute Gasteiger partial charge is 0.494 e. The molecule has 0 aromatic heterocycles. The van der Waals surface area contributed by atoms with E-state index in [-0.39, 0.29) is 17.3 Å². The van der Waals surface area contributed by atoms with E-state index in [2.05, 4.69) is 19.9 Å². The lowest BCUT2D eigenvalue weighted by Gasteiger charge is -2.34. The van der Waals surface area contributed by atoms with Crippen LogP contribution in [0.5, 0.6) is 11.5 Å². The third-order valence-corrected chi connectivity index (χ3v) is 5.58. The number of nitriles is 1. The standard InChI is InChI=1S/C23H33NO3/c1-3-5-7-14-23(18-24)15-12-19(13-16-23)22(25)27-21-10-8-20(9-11-21)26-17-6-4-2/h8-11,19H,3-7,12-17H2,1-2H3/t19-,23-. The summed E-state index contributed by atoms with van der Waals surface area (Å²) >= 11 is 0. The van der Waals surface area contributed by atoms with Gasteiger partial charge in [-0.25, -0.2) is 0 Å². The van der Waals surface area contributed by atoms with Crippen LogP contribution in [0.25, 0.3) is 0 Å². The molecule has 0 unspecified atom stereocenters. The first-order valence-corrected chi connectivity index (χ1v) is 10.5. The van der Waals surface area contributed by atoms with E-state index in [1.807, 2.05) is 12.1 Å². The topological polar surface area (TPSA) is 59.3 Å². The molecule has 0 spiro atoms. The number of benzene rings is 1. The molecule has 4 heteroatoms. The molecular formula is C23H33NO3. The molecule has 0 atom stereocenters. The Balaban J connectivity index is 1.81. The molecule has 1 aromatic rings. The van der Waals surface area contributed by atoms with Crippen molar-refractivity contribution in [3.05, 3.63) is 24.3 Å². The Bertz CT molecular complexity index is 610. The van der Waals surface area contributed by atoms with Gasteiger partial charge in [-0.3, -0.25) is 4.79 Å². The number of carbonyl (C=O) groups is 1. The van der Waals surface area contributed by atoms with E-state index >= 15 is 0 Å². The predicted molar refractivity (Wildman–Crippen MR) is 107 cm³/mol. The summed E-state index contributed by atoms with van der Waals surface area (Å²) in [6, 6.07) is 9.80. The molecular weight excluding hydrogens is 338 g/mol. The molecule has 2 rings (SSSR count). The molecule has 0 aliphatic heterocycles. The fraction of sp³-hybridized carbons (Fsp3) is 0.652. The van der Waals surface area contributed by atoms with Crippen LogP contribution in [0.3, 0.4) is 0 Å². The van der Waals surface area contributed by atoms with Gasteiger partial charge in [0.2, 0.25) is 0 Å². The van der Waals surface area contributed by atoms with Gasteiger partial charge in [0.15, 0.2) is 0 Å². The quantitative estimate of drug-likeness (QED) is 0.285. The van der Waals surface area contributed by atoms with E-state index in [0.29, 0.717) is 12.4 Å². The molecule has 148 valence electrons. The average Bonchev–Trinajstić information content (AvgIpc) is 2.70. The second-order valence-electron chi connectivity index (χ2n) is 7.72. The zero-order valence-corrected chi connectivity index (χ0v) is 16.8. The van der Waals surface area contributed by atoms with Crippen molar-refractivity contribution in [3.63, 3.8) is 0 Å². The number of carbonyl (C=O) groups excluding carboxylic acids is 1. The lowest BCUT2D eigenvalue weighted by Crippen LogP contribution is -2.31. The van der Waals surface area contributed by atoms with Gasteiger partial charge in [-0.05, 0) is 62.8 Å². The number of ether oxygens (including phenoxy) is 2. The van der Waals surface area contributed by atoms with Crippen LogP contribution in [-0.4, -0.2) is 12.6 Å². The van der Waals surface area contributed by atoms with Crippen molar-refractivity contribution >= 4 is 5.97 Å².